The molecule has 0 unspecified atom stereocenters. The molecule has 28 heavy (non-hydrogen) atoms. The SMILES string of the molecule is Nc1ncn(CC(=O)N2CC3(CC(NC(=O)c4ccc(C5CC5)cc4)C3)C2)n1. The molecule has 3 N–H and O–H groups in total. The molecule has 8 heteroatoms. The van der Waals surface area contributed by atoms with Crippen molar-refractivity contribution in [2.45, 2.75) is 44.2 Å². The molecular weight excluding hydrogens is 356 g/mol. The summed E-state index contributed by atoms with van der Waals surface area (Å²) in [5, 5.41) is 7.07. The van der Waals surface area contributed by atoms with Crippen LogP contribution in [0.15, 0.2) is 30.6 Å². The number of anilines is 1. The van der Waals surface area contributed by atoms with Gasteiger partial charge in [0.2, 0.25) is 11.9 Å². The van der Waals surface area contributed by atoms with Gasteiger partial charge in [-0.15, -0.1) is 5.10 Å². The molecule has 1 aliphatic heterocycles. The summed E-state index contributed by atoms with van der Waals surface area (Å²) in [4.78, 5) is 30.4. The van der Waals surface area contributed by atoms with Crippen LogP contribution in [0.4, 0.5) is 5.95 Å². The van der Waals surface area contributed by atoms with Crippen LogP contribution in [0.3, 0.4) is 0 Å². The number of aromatic nitrogens is 3. The third kappa shape index (κ3) is 3.23. The number of nitrogens with zero attached hydrogens (tertiary/aromatic N) is 4. The molecule has 2 saturated carbocycles. The Kier molecular flexibility index (Phi) is 3.89. The van der Waals surface area contributed by atoms with E-state index in [1.807, 2.05) is 17.0 Å². The van der Waals surface area contributed by atoms with Gasteiger partial charge in [0.25, 0.3) is 5.91 Å². The van der Waals surface area contributed by atoms with Crippen molar-refractivity contribution in [2.75, 3.05) is 18.8 Å². The first-order valence-electron chi connectivity index (χ1n) is 9.83. The van der Waals surface area contributed by atoms with Crippen LogP contribution in [0.25, 0.3) is 0 Å². The van der Waals surface area contributed by atoms with Crippen LogP contribution < -0.4 is 11.1 Å². The summed E-state index contributed by atoms with van der Waals surface area (Å²) in [6.07, 6.45) is 5.86. The summed E-state index contributed by atoms with van der Waals surface area (Å²) in [6, 6.07) is 8.21. The second-order valence-electron chi connectivity index (χ2n) is 8.53. The highest BCUT2D eigenvalue weighted by molar-refractivity contribution is 5.94. The highest BCUT2D eigenvalue weighted by atomic mass is 16.2. The minimum Gasteiger partial charge on any atom is -0.367 e. The lowest BCUT2D eigenvalue weighted by atomic mass is 9.60. The van der Waals surface area contributed by atoms with Crippen LogP contribution in [0.2, 0.25) is 0 Å². The molecule has 1 spiro atoms. The Bertz CT molecular complexity index is 903. The van der Waals surface area contributed by atoms with Crippen molar-refractivity contribution in [1.29, 1.82) is 0 Å². The van der Waals surface area contributed by atoms with E-state index in [4.69, 9.17) is 5.73 Å². The third-order valence-corrected chi connectivity index (χ3v) is 6.17. The lowest BCUT2D eigenvalue weighted by Gasteiger charge is -2.59. The van der Waals surface area contributed by atoms with Gasteiger partial charge in [-0.3, -0.25) is 9.59 Å². The van der Waals surface area contributed by atoms with Gasteiger partial charge in [0, 0.05) is 30.1 Å². The molecule has 2 aliphatic carbocycles. The second kappa shape index (κ2) is 6.32. The van der Waals surface area contributed by atoms with Gasteiger partial charge in [-0.25, -0.2) is 9.67 Å². The van der Waals surface area contributed by atoms with Crippen LogP contribution in [0.5, 0.6) is 0 Å². The molecule has 3 aliphatic rings. The maximum Gasteiger partial charge on any atom is 0.251 e. The molecule has 5 rings (SSSR count). The number of amides is 2. The van der Waals surface area contributed by atoms with Crippen LogP contribution >= 0.6 is 0 Å². The molecule has 1 saturated heterocycles. The van der Waals surface area contributed by atoms with Gasteiger partial charge < -0.3 is 16.0 Å². The standard InChI is InChI=1S/C20H24N6O2/c21-19-22-12-26(24-19)9-17(27)25-10-20(11-25)7-16(8-20)23-18(28)15-5-3-14(4-6-15)13-1-2-13/h3-6,12-13,16H,1-2,7-11H2,(H2,21,24)(H,23,28). The fourth-order valence-corrected chi connectivity index (χ4v) is 4.50. The third-order valence-electron chi connectivity index (χ3n) is 6.17. The van der Waals surface area contributed by atoms with Gasteiger partial charge >= 0.3 is 0 Å². The van der Waals surface area contributed by atoms with Crippen LogP contribution in [0, 0.1) is 5.41 Å². The van der Waals surface area contributed by atoms with Crippen molar-refractivity contribution in [3.8, 4) is 0 Å². The topological polar surface area (TPSA) is 106 Å². The molecule has 0 bridgehead atoms. The largest absolute Gasteiger partial charge is 0.367 e. The Morgan fingerprint density at radius 2 is 1.89 bits per heavy atom. The van der Waals surface area contributed by atoms with E-state index in [0.29, 0.717) is 5.92 Å². The Morgan fingerprint density at radius 3 is 2.50 bits per heavy atom. The van der Waals surface area contributed by atoms with Crippen molar-refractivity contribution in [3.63, 3.8) is 0 Å². The number of carbonyl (C=O) groups is 2. The lowest BCUT2D eigenvalue weighted by molar-refractivity contribution is -0.152. The van der Waals surface area contributed by atoms with E-state index in [0.717, 1.165) is 31.5 Å². The zero-order valence-corrected chi connectivity index (χ0v) is 15.7. The summed E-state index contributed by atoms with van der Waals surface area (Å²) >= 11 is 0. The van der Waals surface area contributed by atoms with Crippen molar-refractivity contribution in [2.24, 2.45) is 5.41 Å². The monoisotopic (exact) mass is 380 g/mol. The average Bonchev–Trinajstić information content (AvgIpc) is 3.38. The smallest absolute Gasteiger partial charge is 0.251 e. The van der Waals surface area contributed by atoms with Crippen molar-refractivity contribution in [1.82, 2.24) is 25.0 Å². The predicted octanol–water partition coefficient (Wildman–Crippen LogP) is 1.16. The zero-order chi connectivity index (χ0) is 19.3. The van der Waals surface area contributed by atoms with E-state index in [2.05, 4.69) is 27.5 Å². The highest BCUT2D eigenvalue weighted by Gasteiger charge is 2.53. The normalized spacial score (nSPS) is 20.5. The molecule has 1 aromatic heterocycles. The van der Waals surface area contributed by atoms with Crippen LogP contribution in [-0.4, -0.2) is 50.6 Å². The molecular formula is C20H24N6O2. The van der Waals surface area contributed by atoms with Crippen molar-refractivity contribution >= 4 is 17.8 Å². The number of nitrogen functional groups attached to an aromatic ring is 1. The maximum absolute atomic E-state index is 12.4. The molecule has 0 atom stereocenters. The summed E-state index contributed by atoms with van der Waals surface area (Å²) in [5.41, 5.74) is 7.70. The molecule has 8 nitrogen and oxygen atoms in total. The van der Waals surface area contributed by atoms with Crippen molar-refractivity contribution in [3.05, 3.63) is 41.7 Å². The molecule has 2 amide bonds. The first-order valence-corrected chi connectivity index (χ1v) is 9.83. The number of nitrogens with one attached hydrogen (secondary N) is 1. The first kappa shape index (κ1) is 17.2. The van der Waals surface area contributed by atoms with Gasteiger partial charge in [0.15, 0.2) is 0 Å². The van der Waals surface area contributed by atoms with Crippen LogP contribution in [-0.2, 0) is 11.3 Å². The van der Waals surface area contributed by atoms with E-state index < -0.39 is 0 Å². The Morgan fingerprint density at radius 1 is 1.18 bits per heavy atom. The Labute approximate surface area is 163 Å². The van der Waals surface area contributed by atoms with E-state index in [1.165, 1.54) is 29.4 Å². The molecule has 2 aromatic rings. The molecule has 3 fully saturated rings. The number of likely N-dealkylation sites (tertiary alicyclic amines) is 1. The van der Waals surface area contributed by atoms with Gasteiger partial charge in [-0.05, 0) is 49.3 Å². The minimum absolute atomic E-state index is 0.00164. The van der Waals surface area contributed by atoms with E-state index in [9.17, 15) is 9.59 Å². The average molecular weight is 380 g/mol. The highest BCUT2D eigenvalue weighted by Crippen LogP contribution is 2.48. The maximum atomic E-state index is 12.4. The summed E-state index contributed by atoms with van der Waals surface area (Å²) in [7, 11) is 0. The second-order valence-corrected chi connectivity index (χ2v) is 8.53. The van der Waals surface area contributed by atoms with Gasteiger partial charge in [0.1, 0.15) is 12.9 Å². The summed E-state index contributed by atoms with van der Waals surface area (Å²) < 4.78 is 1.46. The number of hydrogen-bond acceptors (Lipinski definition) is 5. The molecule has 146 valence electrons. The number of rotatable bonds is 5. The lowest BCUT2D eigenvalue weighted by Crippen LogP contribution is -2.67. The van der Waals surface area contributed by atoms with Crippen molar-refractivity contribution < 1.29 is 9.59 Å². The number of nitrogens with two attached hydrogens (primary N) is 1. The minimum atomic E-state index is -0.00164. The number of hydrogen-bond donors (Lipinski definition) is 2. The fourth-order valence-electron chi connectivity index (χ4n) is 4.50. The van der Waals surface area contributed by atoms with E-state index in [1.54, 1.807) is 0 Å². The van der Waals surface area contributed by atoms with E-state index >= 15 is 0 Å². The summed E-state index contributed by atoms with van der Waals surface area (Å²) in [6.45, 7) is 1.66. The number of benzene rings is 1. The van der Waals surface area contributed by atoms with Gasteiger partial charge in [-0.1, -0.05) is 12.1 Å². The van der Waals surface area contributed by atoms with Gasteiger partial charge in [-0.2, -0.15) is 0 Å². The van der Waals surface area contributed by atoms with Gasteiger partial charge in [0.05, 0.1) is 0 Å². The van der Waals surface area contributed by atoms with Crippen LogP contribution in [0.1, 0.15) is 47.5 Å². The number of carbonyl (C=O) groups excluding carboxylic acids is 2. The Hall–Kier alpha value is -2.90. The first-order chi connectivity index (χ1) is 13.5. The quantitative estimate of drug-likeness (QED) is 0.810. The summed E-state index contributed by atoms with van der Waals surface area (Å²) in [5.74, 6) is 0.902. The molecule has 2 heterocycles. The zero-order valence-electron chi connectivity index (χ0n) is 15.7. The molecule has 0 radical (unpaired) electrons. The van der Waals surface area contributed by atoms with E-state index in [-0.39, 0.29) is 35.8 Å². The Balaban J connectivity index is 1.07. The molecule has 1 aromatic carbocycles. The fraction of sp³-hybridized carbons (Fsp3) is 0.500. The predicted molar refractivity (Wildman–Crippen MR) is 102 cm³/mol.